The summed E-state index contributed by atoms with van der Waals surface area (Å²) in [6.07, 6.45) is -4.31. The molecule has 6 nitrogen and oxygen atoms in total. The Balaban J connectivity index is 2.87. The highest BCUT2D eigenvalue weighted by Gasteiger charge is 2.56. The summed E-state index contributed by atoms with van der Waals surface area (Å²) in [7, 11) is 0. The highest BCUT2D eigenvalue weighted by molar-refractivity contribution is 5.84. The van der Waals surface area contributed by atoms with Crippen LogP contribution in [-0.4, -0.2) is 56.9 Å². The molecule has 1 rings (SSSR count). The van der Waals surface area contributed by atoms with Gasteiger partial charge in [0.05, 0.1) is 6.61 Å². The van der Waals surface area contributed by atoms with Crippen LogP contribution in [0.15, 0.2) is 0 Å². The van der Waals surface area contributed by atoms with Crippen LogP contribution in [0.2, 0.25) is 0 Å². The van der Waals surface area contributed by atoms with E-state index in [-0.39, 0.29) is 0 Å². The first kappa shape index (κ1) is 10.6. The average Bonchev–Trinajstić information content (AvgIpc) is 2.31. The maximum absolute atomic E-state index is 10.9. The van der Waals surface area contributed by atoms with Crippen LogP contribution in [0.3, 0.4) is 0 Å². The molecule has 1 saturated heterocycles. The van der Waals surface area contributed by atoms with Crippen LogP contribution in [0, 0.1) is 0 Å². The Morgan fingerprint density at radius 3 is 2.31 bits per heavy atom. The molecule has 0 spiro atoms. The summed E-state index contributed by atoms with van der Waals surface area (Å²) in [5.74, 6) is -3.21. The molecular formula is C7H12O6. The predicted octanol–water partition coefficient (Wildman–Crippen LogP) is -2.62. The highest BCUT2D eigenvalue weighted by atomic mass is 16.7. The van der Waals surface area contributed by atoms with Crippen LogP contribution in [-0.2, 0) is 9.53 Å². The van der Waals surface area contributed by atoms with Crippen molar-refractivity contribution in [3.63, 3.8) is 0 Å². The van der Waals surface area contributed by atoms with E-state index < -0.39 is 36.5 Å². The number of ether oxygens (including phenoxy) is 1. The Bertz CT molecular complexity index is 217. The molecule has 76 valence electrons. The van der Waals surface area contributed by atoms with Gasteiger partial charge >= 0.3 is 0 Å². The molecule has 0 aliphatic carbocycles. The minimum Gasteiger partial charge on any atom is -0.394 e. The topological polar surface area (TPSA) is 107 Å². The van der Waals surface area contributed by atoms with Crippen LogP contribution in [0.5, 0.6) is 0 Å². The standard InChI is InChI=1S/C7H12O6/c1-3(9)7(12)6(11)5(10)4(2-8)13-7/h4-6,8,10-12H,2H2,1H3/t4-,5-,6-,7-/m1/s1. The van der Waals surface area contributed by atoms with Crippen molar-refractivity contribution < 1.29 is 30.0 Å². The van der Waals surface area contributed by atoms with Gasteiger partial charge in [0, 0.05) is 6.92 Å². The van der Waals surface area contributed by atoms with Gasteiger partial charge in [0.1, 0.15) is 18.3 Å². The van der Waals surface area contributed by atoms with Crippen molar-refractivity contribution in [2.75, 3.05) is 6.61 Å². The lowest BCUT2D eigenvalue weighted by molar-refractivity contribution is -0.222. The van der Waals surface area contributed by atoms with Gasteiger partial charge in [0.15, 0.2) is 5.78 Å². The molecule has 1 heterocycles. The second-order valence-corrected chi connectivity index (χ2v) is 3.03. The van der Waals surface area contributed by atoms with Crippen LogP contribution in [0.25, 0.3) is 0 Å². The van der Waals surface area contributed by atoms with E-state index in [2.05, 4.69) is 4.74 Å². The van der Waals surface area contributed by atoms with E-state index in [0.717, 1.165) is 6.92 Å². The minimum atomic E-state index is -2.40. The first-order valence-corrected chi connectivity index (χ1v) is 3.81. The number of ketones is 1. The summed E-state index contributed by atoms with van der Waals surface area (Å²) in [6, 6.07) is 0. The van der Waals surface area contributed by atoms with E-state index in [1.807, 2.05) is 0 Å². The van der Waals surface area contributed by atoms with Gasteiger partial charge in [-0.1, -0.05) is 0 Å². The zero-order chi connectivity index (χ0) is 10.2. The Morgan fingerprint density at radius 1 is 1.54 bits per heavy atom. The molecule has 1 aliphatic rings. The van der Waals surface area contributed by atoms with Gasteiger partial charge in [-0.25, -0.2) is 0 Å². The van der Waals surface area contributed by atoms with E-state index >= 15 is 0 Å². The van der Waals surface area contributed by atoms with E-state index in [1.54, 1.807) is 0 Å². The molecule has 4 N–H and O–H groups in total. The molecule has 0 bridgehead atoms. The molecule has 1 fully saturated rings. The van der Waals surface area contributed by atoms with Crippen molar-refractivity contribution in [1.82, 2.24) is 0 Å². The van der Waals surface area contributed by atoms with Crippen molar-refractivity contribution in [3.05, 3.63) is 0 Å². The summed E-state index contributed by atoms with van der Waals surface area (Å²) in [5, 5.41) is 36.5. The van der Waals surface area contributed by atoms with Gasteiger partial charge in [-0.15, -0.1) is 0 Å². The highest BCUT2D eigenvalue weighted by Crippen LogP contribution is 2.29. The molecule has 0 aromatic heterocycles. The fourth-order valence-corrected chi connectivity index (χ4v) is 1.24. The Hall–Kier alpha value is -0.530. The number of rotatable bonds is 2. The zero-order valence-corrected chi connectivity index (χ0v) is 7.04. The predicted molar refractivity (Wildman–Crippen MR) is 39.6 cm³/mol. The first-order chi connectivity index (χ1) is 5.93. The second-order valence-electron chi connectivity index (χ2n) is 3.03. The normalized spacial score (nSPS) is 45.2. The number of Topliss-reactive ketones (excluding diaryl/α,β-unsaturated/α-hetero) is 1. The number of aliphatic hydroxyl groups excluding tert-OH is 3. The van der Waals surface area contributed by atoms with Crippen molar-refractivity contribution in [2.24, 2.45) is 0 Å². The molecule has 6 heteroatoms. The molecule has 0 aromatic rings. The number of aliphatic hydroxyl groups is 4. The lowest BCUT2D eigenvalue weighted by atomic mass is 10.0. The molecular weight excluding hydrogens is 180 g/mol. The van der Waals surface area contributed by atoms with Gasteiger partial charge < -0.3 is 25.2 Å². The summed E-state index contributed by atoms with van der Waals surface area (Å²) >= 11 is 0. The van der Waals surface area contributed by atoms with Crippen LogP contribution in [0.4, 0.5) is 0 Å². The van der Waals surface area contributed by atoms with Crippen LogP contribution < -0.4 is 0 Å². The number of carbonyl (C=O) groups is 1. The third-order valence-electron chi connectivity index (χ3n) is 2.12. The minimum absolute atomic E-state index is 0.576. The zero-order valence-electron chi connectivity index (χ0n) is 7.04. The fraction of sp³-hybridized carbons (Fsp3) is 0.857. The lowest BCUT2D eigenvalue weighted by Crippen LogP contribution is -2.48. The quantitative estimate of drug-likeness (QED) is 0.381. The van der Waals surface area contributed by atoms with Gasteiger partial charge in [-0.3, -0.25) is 4.79 Å². The van der Waals surface area contributed by atoms with E-state index in [0.29, 0.717) is 0 Å². The smallest absolute Gasteiger partial charge is 0.256 e. The van der Waals surface area contributed by atoms with Gasteiger partial charge in [-0.2, -0.15) is 0 Å². The van der Waals surface area contributed by atoms with Gasteiger partial charge in [-0.05, 0) is 0 Å². The van der Waals surface area contributed by atoms with E-state index in [4.69, 9.17) is 5.11 Å². The summed E-state index contributed by atoms with van der Waals surface area (Å²) in [6.45, 7) is 0.448. The molecule has 0 aromatic carbocycles. The summed E-state index contributed by atoms with van der Waals surface area (Å²) in [4.78, 5) is 10.9. The monoisotopic (exact) mass is 192 g/mol. The van der Waals surface area contributed by atoms with Crippen molar-refractivity contribution in [2.45, 2.75) is 31.0 Å². The first-order valence-electron chi connectivity index (χ1n) is 3.81. The number of carbonyl (C=O) groups excluding carboxylic acids is 1. The Morgan fingerprint density at radius 2 is 2.08 bits per heavy atom. The molecule has 0 amide bonds. The third-order valence-corrected chi connectivity index (χ3v) is 2.12. The SMILES string of the molecule is CC(=O)[C@@]1(O)O[C@H](CO)[C@@H](O)[C@H]1O. The largest absolute Gasteiger partial charge is 0.394 e. The van der Waals surface area contributed by atoms with Crippen LogP contribution >= 0.6 is 0 Å². The Kier molecular flexibility index (Phi) is 2.69. The fourth-order valence-electron chi connectivity index (χ4n) is 1.24. The van der Waals surface area contributed by atoms with Crippen molar-refractivity contribution >= 4 is 5.78 Å². The number of hydrogen-bond acceptors (Lipinski definition) is 6. The molecule has 0 unspecified atom stereocenters. The summed E-state index contributed by atoms with van der Waals surface area (Å²) < 4.78 is 4.64. The molecule has 0 saturated carbocycles. The maximum Gasteiger partial charge on any atom is 0.256 e. The molecule has 4 atom stereocenters. The second kappa shape index (κ2) is 3.32. The van der Waals surface area contributed by atoms with Crippen molar-refractivity contribution in [3.8, 4) is 0 Å². The van der Waals surface area contributed by atoms with E-state index in [1.165, 1.54) is 0 Å². The summed E-state index contributed by atoms with van der Waals surface area (Å²) in [5.41, 5.74) is 0. The number of hydrogen-bond donors (Lipinski definition) is 4. The average molecular weight is 192 g/mol. The molecule has 1 aliphatic heterocycles. The maximum atomic E-state index is 10.9. The van der Waals surface area contributed by atoms with Crippen molar-refractivity contribution in [1.29, 1.82) is 0 Å². The molecule has 13 heavy (non-hydrogen) atoms. The van der Waals surface area contributed by atoms with Gasteiger partial charge in [0.25, 0.3) is 5.79 Å². The molecule has 0 radical (unpaired) electrons. The van der Waals surface area contributed by atoms with E-state index in [9.17, 15) is 20.1 Å². The van der Waals surface area contributed by atoms with Crippen LogP contribution in [0.1, 0.15) is 6.92 Å². The Labute approximate surface area is 74.4 Å². The lowest BCUT2D eigenvalue weighted by Gasteiger charge is -2.22. The van der Waals surface area contributed by atoms with Gasteiger partial charge in [0.2, 0.25) is 0 Å². The third kappa shape index (κ3) is 1.47.